The molecule has 0 saturated heterocycles. The lowest BCUT2D eigenvalue weighted by Gasteiger charge is -2.21. The highest BCUT2D eigenvalue weighted by Gasteiger charge is 2.48. The number of halogens is 7. The summed E-state index contributed by atoms with van der Waals surface area (Å²) >= 11 is 0. The van der Waals surface area contributed by atoms with E-state index in [4.69, 9.17) is 0 Å². The lowest BCUT2D eigenvalue weighted by atomic mass is 9.96. The number of benzene rings is 2. The number of sulfonamides is 1. The van der Waals surface area contributed by atoms with E-state index in [2.05, 4.69) is 0 Å². The van der Waals surface area contributed by atoms with Crippen molar-refractivity contribution in [1.29, 1.82) is 0 Å². The number of nitrogens with one attached hydrogen (secondary N) is 1. The van der Waals surface area contributed by atoms with Gasteiger partial charge in [-0.3, -0.25) is 0 Å². The van der Waals surface area contributed by atoms with Crippen LogP contribution < -0.4 is 4.72 Å². The van der Waals surface area contributed by atoms with Crippen LogP contribution in [0.4, 0.5) is 30.7 Å². The predicted molar refractivity (Wildman–Crippen MR) is 121 cm³/mol. The van der Waals surface area contributed by atoms with Crippen molar-refractivity contribution < 1.29 is 39.2 Å². The molecule has 3 aromatic rings. The third-order valence-corrected chi connectivity index (χ3v) is 7.88. The zero-order chi connectivity index (χ0) is 26.6. The van der Waals surface area contributed by atoms with Crippen LogP contribution in [0.3, 0.4) is 0 Å². The third kappa shape index (κ3) is 5.24. The normalized spacial score (nSPS) is 16.2. The summed E-state index contributed by atoms with van der Waals surface area (Å²) in [7, 11) is -4.28. The molecule has 4 nitrogen and oxygen atoms in total. The number of nitrogens with zero attached hydrogens (tertiary/aromatic N) is 1. The van der Waals surface area contributed by atoms with Crippen LogP contribution in [0, 0.1) is 11.7 Å². The molecule has 4 rings (SSSR count). The molecule has 0 amide bonds. The van der Waals surface area contributed by atoms with Gasteiger partial charge in [-0.15, -0.1) is 0 Å². The molecule has 1 unspecified atom stereocenters. The fourth-order valence-corrected chi connectivity index (χ4v) is 5.77. The number of alkyl halides is 6. The average Bonchev–Trinajstić information content (AvgIpc) is 3.55. The lowest BCUT2D eigenvalue weighted by molar-refractivity contribution is -0.152. The number of hydrogen-bond acceptors (Lipinski definition) is 2. The van der Waals surface area contributed by atoms with Gasteiger partial charge in [0, 0.05) is 34.8 Å². The van der Waals surface area contributed by atoms with Crippen LogP contribution >= 0.6 is 0 Å². The summed E-state index contributed by atoms with van der Waals surface area (Å²) in [5.41, 5.74) is -2.42. The van der Waals surface area contributed by atoms with Crippen LogP contribution in [0.1, 0.15) is 43.9 Å². The Morgan fingerprint density at radius 1 is 1.03 bits per heavy atom. The summed E-state index contributed by atoms with van der Waals surface area (Å²) in [5, 5.41) is -1.16. The largest absolute Gasteiger partial charge is 0.417 e. The highest BCUT2D eigenvalue weighted by Crippen LogP contribution is 2.43. The molecular weight excluding hydrogens is 513 g/mol. The van der Waals surface area contributed by atoms with Crippen LogP contribution in [-0.2, 0) is 22.7 Å². The molecule has 12 heteroatoms. The number of rotatable bonds is 7. The Balaban J connectivity index is 1.95. The van der Waals surface area contributed by atoms with Crippen molar-refractivity contribution in [3.05, 3.63) is 59.5 Å². The highest BCUT2D eigenvalue weighted by molar-refractivity contribution is 7.90. The van der Waals surface area contributed by atoms with E-state index in [1.54, 1.807) is 18.6 Å². The van der Waals surface area contributed by atoms with Crippen LogP contribution in [0.25, 0.3) is 22.0 Å². The first kappa shape index (κ1) is 26.5. The Hall–Kier alpha value is -2.60. The van der Waals surface area contributed by atoms with Gasteiger partial charge in [-0.2, -0.15) is 31.1 Å². The molecule has 1 aliphatic rings. The first-order valence-electron chi connectivity index (χ1n) is 11.2. The number of fused-ring (bicyclic) bond motifs is 1. The summed E-state index contributed by atoms with van der Waals surface area (Å²) in [4.78, 5) is 0. The van der Waals surface area contributed by atoms with Gasteiger partial charge in [0.25, 0.3) is 0 Å². The van der Waals surface area contributed by atoms with Gasteiger partial charge in [0.1, 0.15) is 11.9 Å². The fourth-order valence-electron chi connectivity index (χ4n) is 4.23. The smallest absolute Gasteiger partial charge is 0.347 e. The van der Waals surface area contributed by atoms with E-state index in [-0.39, 0.29) is 36.2 Å². The van der Waals surface area contributed by atoms with E-state index >= 15 is 4.39 Å². The fraction of sp³-hybridized carbons (Fsp3) is 0.417. The van der Waals surface area contributed by atoms with E-state index in [0.717, 1.165) is 36.5 Å². The van der Waals surface area contributed by atoms with Gasteiger partial charge >= 0.3 is 12.4 Å². The van der Waals surface area contributed by atoms with Gasteiger partial charge in [0.05, 0.1) is 10.8 Å². The maximum Gasteiger partial charge on any atom is 0.417 e. The zero-order valence-corrected chi connectivity index (χ0v) is 20.0. The molecule has 1 saturated carbocycles. The SMILES string of the molecule is CC(C)Cn1cc(C(NS(=O)(=O)C2CC2)C(F)(F)F)c2cc(F)c(-c3ccccc3C(F)(F)F)cc21. The summed E-state index contributed by atoms with van der Waals surface area (Å²) in [6.07, 6.45) is -8.25. The van der Waals surface area contributed by atoms with Gasteiger partial charge in [0.2, 0.25) is 10.0 Å². The minimum Gasteiger partial charge on any atom is -0.347 e. The Morgan fingerprint density at radius 3 is 2.22 bits per heavy atom. The summed E-state index contributed by atoms with van der Waals surface area (Å²) in [6, 6.07) is 3.53. The molecule has 1 aromatic heterocycles. The average molecular weight is 537 g/mol. The van der Waals surface area contributed by atoms with E-state index in [9.17, 15) is 34.8 Å². The Bertz CT molecular complexity index is 1390. The van der Waals surface area contributed by atoms with Gasteiger partial charge in [0.15, 0.2) is 0 Å². The van der Waals surface area contributed by atoms with Crippen molar-refractivity contribution in [3.8, 4) is 11.1 Å². The van der Waals surface area contributed by atoms with Crippen LogP contribution in [-0.4, -0.2) is 24.4 Å². The number of hydrogen-bond donors (Lipinski definition) is 1. The second-order valence-corrected chi connectivity index (χ2v) is 11.4. The van der Waals surface area contributed by atoms with E-state index in [1.165, 1.54) is 10.6 Å². The quantitative estimate of drug-likeness (QED) is 0.338. The second-order valence-electron chi connectivity index (χ2n) is 9.36. The molecule has 2 aromatic carbocycles. The maximum atomic E-state index is 15.3. The van der Waals surface area contributed by atoms with E-state index in [0.29, 0.717) is 0 Å². The number of aromatic nitrogens is 1. The van der Waals surface area contributed by atoms with Gasteiger partial charge < -0.3 is 4.57 Å². The predicted octanol–water partition coefficient (Wildman–Crippen LogP) is 6.81. The molecule has 1 fully saturated rings. The standard InChI is InChI=1S/C24H23F7N2O2S/c1-13(2)11-33-12-18(22(24(29,30)31)32-36(34,35)14-7-8-14)17-9-20(25)16(10-21(17)33)15-5-3-4-6-19(15)23(26,27)28/h3-6,9-10,12-14,22,32H,7-8,11H2,1-2H3. The molecular formula is C24H23F7N2O2S. The summed E-state index contributed by atoms with van der Waals surface area (Å²) < 4.78 is 126. The van der Waals surface area contributed by atoms with Crippen LogP contribution in [0.5, 0.6) is 0 Å². The Morgan fingerprint density at radius 2 is 1.67 bits per heavy atom. The first-order chi connectivity index (χ1) is 16.6. The molecule has 0 aliphatic heterocycles. The molecule has 1 atom stereocenters. The lowest BCUT2D eigenvalue weighted by Crippen LogP contribution is -2.39. The highest BCUT2D eigenvalue weighted by atomic mass is 32.2. The zero-order valence-electron chi connectivity index (χ0n) is 19.2. The van der Waals surface area contributed by atoms with Crippen molar-refractivity contribution >= 4 is 20.9 Å². The van der Waals surface area contributed by atoms with Crippen molar-refractivity contribution in [2.75, 3.05) is 0 Å². The first-order valence-corrected chi connectivity index (χ1v) is 12.7. The van der Waals surface area contributed by atoms with Gasteiger partial charge in [-0.1, -0.05) is 32.0 Å². The second kappa shape index (κ2) is 9.05. The third-order valence-electron chi connectivity index (χ3n) is 5.97. The molecule has 36 heavy (non-hydrogen) atoms. The monoisotopic (exact) mass is 536 g/mol. The molecule has 0 radical (unpaired) electrons. The minimum atomic E-state index is -5.04. The summed E-state index contributed by atoms with van der Waals surface area (Å²) in [6.45, 7) is 3.74. The van der Waals surface area contributed by atoms with Gasteiger partial charge in [-0.05, 0) is 42.5 Å². The van der Waals surface area contributed by atoms with Crippen LogP contribution in [0.2, 0.25) is 0 Å². The maximum absolute atomic E-state index is 15.3. The topological polar surface area (TPSA) is 51.1 Å². The molecule has 1 N–H and O–H groups in total. The molecule has 0 spiro atoms. The Kier molecular flexibility index (Phi) is 6.66. The van der Waals surface area contributed by atoms with Crippen molar-refractivity contribution in [1.82, 2.24) is 9.29 Å². The van der Waals surface area contributed by atoms with Crippen LogP contribution in [0.15, 0.2) is 42.6 Å². The van der Waals surface area contributed by atoms with E-state index in [1.807, 2.05) is 0 Å². The molecule has 196 valence electrons. The molecule has 0 bridgehead atoms. The van der Waals surface area contributed by atoms with Gasteiger partial charge in [-0.25, -0.2) is 12.8 Å². The minimum absolute atomic E-state index is 0.0620. The molecule has 1 heterocycles. The molecule has 1 aliphatic carbocycles. The van der Waals surface area contributed by atoms with Crippen molar-refractivity contribution in [2.24, 2.45) is 5.92 Å². The van der Waals surface area contributed by atoms with Crippen molar-refractivity contribution in [3.63, 3.8) is 0 Å². The van der Waals surface area contributed by atoms with Crippen molar-refractivity contribution in [2.45, 2.75) is 56.9 Å². The van der Waals surface area contributed by atoms with E-state index < -0.39 is 61.7 Å². The summed E-state index contributed by atoms with van der Waals surface area (Å²) in [5.74, 6) is -1.24. The Labute approximate surface area is 203 Å².